The Morgan fingerprint density at radius 2 is 1.41 bits per heavy atom. The number of hydrogen-bond acceptors (Lipinski definition) is 1. The Kier molecular flexibility index (Phi) is 5.16. The number of nitrogens with zero attached hydrogens (tertiary/aromatic N) is 1. The molecule has 1 aliphatic carbocycles. The second-order valence-corrected chi connectivity index (χ2v) is 8.81. The molecule has 0 saturated heterocycles. The monoisotopic (exact) mass is 435 g/mol. The smallest absolute Gasteiger partial charge is 0.0722 e. The Hall–Kier alpha value is -4.23. The summed E-state index contributed by atoms with van der Waals surface area (Å²) < 4.78 is 0. The fraction of sp³-hybridized carbons (Fsp3) is 0.0606. The third kappa shape index (κ3) is 3.56. The lowest BCUT2D eigenvalue weighted by Crippen LogP contribution is -1.94. The van der Waals surface area contributed by atoms with Crippen molar-refractivity contribution in [1.82, 2.24) is 4.98 Å². The van der Waals surface area contributed by atoms with Gasteiger partial charge in [-0.15, -0.1) is 0 Å². The van der Waals surface area contributed by atoms with Crippen molar-refractivity contribution in [3.8, 4) is 11.3 Å². The lowest BCUT2D eigenvalue weighted by Gasteiger charge is -2.17. The first-order valence-corrected chi connectivity index (χ1v) is 11.8. The zero-order valence-electron chi connectivity index (χ0n) is 19.2. The second-order valence-electron chi connectivity index (χ2n) is 8.81. The van der Waals surface area contributed by atoms with Gasteiger partial charge in [0.15, 0.2) is 0 Å². The Bertz CT molecular complexity index is 1620. The molecule has 34 heavy (non-hydrogen) atoms. The molecule has 0 spiro atoms. The fourth-order valence-corrected chi connectivity index (χ4v) is 5.00. The highest BCUT2D eigenvalue weighted by atomic mass is 14.7. The lowest BCUT2D eigenvalue weighted by molar-refractivity contribution is 1.26. The fourth-order valence-electron chi connectivity index (χ4n) is 5.00. The molecule has 0 bridgehead atoms. The van der Waals surface area contributed by atoms with Gasteiger partial charge in [-0.1, -0.05) is 109 Å². The van der Waals surface area contributed by atoms with E-state index in [0.29, 0.717) is 0 Å². The molecule has 0 N–H and O–H groups in total. The van der Waals surface area contributed by atoms with Crippen LogP contribution in [0.25, 0.3) is 49.3 Å². The zero-order valence-corrected chi connectivity index (χ0v) is 19.2. The summed E-state index contributed by atoms with van der Waals surface area (Å²) >= 11 is 0. The van der Waals surface area contributed by atoms with E-state index in [4.69, 9.17) is 4.98 Å². The summed E-state index contributed by atoms with van der Waals surface area (Å²) in [6, 6.07) is 30.2. The van der Waals surface area contributed by atoms with Crippen LogP contribution in [-0.4, -0.2) is 4.98 Å². The second kappa shape index (κ2) is 8.61. The SMILES string of the molecule is CC(=CC=C1C=CC=CC1)c1c2ccccc2c(-c2ccc3ccccc3n2)c2ccccc12. The first-order chi connectivity index (χ1) is 16.8. The standard InChI is InChI=1S/C33H25N/c1-23(19-20-24-11-3-2-4-12-24)32-26-14-6-8-16-28(26)33(29-17-9-7-15-27(29)32)31-22-21-25-13-5-10-18-30(25)34-31/h2-11,13-22H,12H2,1H3. The number of rotatable bonds is 3. The van der Waals surface area contributed by atoms with Gasteiger partial charge in [-0.3, -0.25) is 0 Å². The molecule has 0 fully saturated rings. The van der Waals surface area contributed by atoms with Crippen molar-refractivity contribution < 1.29 is 0 Å². The van der Waals surface area contributed by atoms with Gasteiger partial charge in [0.05, 0.1) is 11.2 Å². The largest absolute Gasteiger partial charge is 0.248 e. The van der Waals surface area contributed by atoms with E-state index in [1.54, 1.807) is 0 Å². The third-order valence-electron chi connectivity index (χ3n) is 6.64. The molecule has 1 heteroatoms. The van der Waals surface area contributed by atoms with Gasteiger partial charge in [0.25, 0.3) is 0 Å². The predicted octanol–water partition coefficient (Wildman–Crippen LogP) is 9.05. The highest BCUT2D eigenvalue weighted by molar-refractivity contribution is 6.18. The average molecular weight is 436 g/mol. The van der Waals surface area contributed by atoms with E-state index in [1.807, 2.05) is 0 Å². The lowest BCUT2D eigenvalue weighted by atomic mass is 9.87. The first kappa shape index (κ1) is 20.4. The number of para-hydroxylation sites is 1. The van der Waals surface area contributed by atoms with Crippen LogP contribution in [0.15, 0.2) is 127 Å². The normalized spacial score (nSPS) is 15.1. The Balaban J connectivity index is 1.64. The van der Waals surface area contributed by atoms with Crippen LogP contribution in [0, 0.1) is 0 Å². The van der Waals surface area contributed by atoms with E-state index in [-0.39, 0.29) is 0 Å². The number of benzene rings is 4. The van der Waals surface area contributed by atoms with E-state index < -0.39 is 0 Å². The number of pyridine rings is 1. The van der Waals surface area contributed by atoms with Crippen molar-refractivity contribution in [3.63, 3.8) is 0 Å². The van der Waals surface area contributed by atoms with E-state index in [0.717, 1.165) is 23.0 Å². The summed E-state index contributed by atoms with van der Waals surface area (Å²) in [7, 11) is 0. The molecular formula is C33H25N. The number of aromatic nitrogens is 1. The van der Waals surface area contributed by atoms with Crippen LogP contribution in [0.5, 0.6) is 0 Å². The molecule has 5 aromatic rings. The summed E-state index contributed by atoms with van der Waals surface area (Å²) in [4.78, 5) is 5.08. The van der Waals surface area contributed by atoms with Crippen LogP contribution in [-0.2, 0) is 0 Å². The Labute approximate surface area is 200 Å². The van der Waals surface area contributed by atoms with Gasteiger partial charge < -0.3 is 0 Å². The Morgan fingerprint density at radius 1 is 0.735 bits per heavy atom. The quantitative estimate of drug-likeness (QED) is 0.258. The molecule has 0 amide bonds. The Morgan fingerprint density at radius 3 is 2.12 bits per heavy atom. The molecule has 0 saturated carbocycles. The van der Waals surface area contributed by atoms with Crippen molar-refractivity contribution in [2.24, 2.45) is 0 Å². The number of allylic oxidation sites excluding steroid dienone is 8. The maximum atomic E-state index is 5.08. The van der Waals surface area contributed by atoms with Crippen molar-refractivity contribution in [3.05, 3.63) is 133 Å². The van der Waals surface area contributed by atoms with Crippen LogP contribution in [0.4, 0.5) is 0 Å². The van der Waals surface area contributed by atoms with Crippen LogP contribution >= 0.6 is 0 Å². The van der Waals surface area contributed by atoms with Crippen LogP contribution < -0.4 is 0 Å². The minimum Gasteiger partial charge on any atom is -0.248 e. The van der Waals surface area contributed by atoms with Crippen LogP contribution in [0.3, 0.4) is 0 Å². The molecule has 4 aromatic carbocycles. The van der Waals surface area contributed by atoms with Gasteiger partial charge in [0.2, 0.25) is 0 Å². The molecule has 0 unspecified atom stereocenters. The van der Waals surface area contributed by atoms with Gasteiger partial charge in [-0.25, -0.2) is 4.98 Å². The van der Waals surface area contributed by atoms with Crippen molar-refractivity contribution in [1.29, 1.82) is 0 Å². The zero-order chi connectivity index (χ0) is 22.9. The summed E-state index contributed by atoms with van der Waals surface area (Å²) in [6.45, 7) is 2.22. The highest BCUT2D eigenvalue weighted by Gasteiger charge is 2.16. The molecule has 0 atom stereocenters. The molecule has 0 aliphatic heterocycles. The molecule has 0 radical (unpaired) electrons. The van der Waals surface area contributed by atoms with Gasteiger partial charge in [0, 0.05) is 10.9 Å². The molecule has 162 valence electrons. The predicted molar refractivity (Wildman–Crippen MR) is 147 cm³/mol. The van der Waals surface area contributed by atoms with Gasteiger partial charge in [0.1, 0.15) is 0 Å². The van der Waals surface area contributed by atoms with E-state index in [9.17, 15) is 0 Å². The molecule has 1 heterocycles. The summed E-state index contributed by atoms with van der Waals surface area (Å²) in [6.07, 6.45) is 14.1. The third-order valence-corrected chi connectivity index (χ3v) is 6.64. The molecule has 6 rings (SSSR count). The van der Waals surface area contributed by atoms with E-state index >= 15 is 0 Å². The molecule has 1 aliphatic rings. The summed E-state index contributed by atoms with van der Waals surface area (Å²) in [5.74, 6) is 0. The highest BCUT2D eigenvalue weighted by Crippen LogP contribution is 2.41. The summed E-state index contributed by atoms with van der Waals surface area (Å²) in [5.41, 5.74) is 7.12. The van der Waals surface area contributed by atoms with E-state index in [1.165, 1.54) is 43.8 Å². The van der Waals surface area contributed by atoms with Crippen molar-refractivity contribution >= 4 is 38.0 Å². The molecule has 1 aromatic heterocycles. The maximum Gasteiger partial charge on any atom is 0.0722 e. The van der Waals surface area contributed by atoms with E-state index in [2.05, 4.69) is 128 Å². The van der Waals surface area contributed by atoms with Crippen LogP contribution in [0.1, 0.15) is 18.9 Å². The molecule has 1 nitrogen and oxygen atoms in total. The molecular weight excluding hydrogens is 410 g/mol. The van der Waals surface area contributed by atoms with Gasteiger partial charge in [-0.2, -0.15) is 0 Å². The average Bonchev–Trinajstić information content (AvgIpc) is 2.90. The topological polar surface area (TPSA) is 12.9 Å². The van der Waals surface area contributed by atoms with Gasteiger partial charge in [-0.05, 0) is 63.7 Å². The maximum absolute atomic E-state index is 5.08. The number of fused-ring (bicyclic) bond motifs is 3. The van der Waals surface area contributed by atoms with Crippen molar-refractivity contribution in [2.45, 2.75) is 13.3 Å². The minimum atomic E-state index is 0.981. The first-order valence-electron chi connectivity index (χ1n) is 11.8. The number of hydrogen-bond donors (Lipinski definition) is 0. The van der Waals surface area contributed by atoms with Crippen LogP contribution in [0.2, 0.25) is 0 Å². The van der Waals surface area contributed by atoms with Gasteiger partial charge >= 0.3 is 0 Å². The minimum absolute atomic E-state index is 0.981. The summed E-state index contributed by atoms with van der Waals surface area (Å²) in [5, 5.41) is 6.16. The van der Waals surface area contributed by atoms with Crippen molar-refractivity contribution in [2.75, 3.05) is 0 Å².